The highest BCUT2D eigenvalue weighted by atomic mass is 35.5. The van der Waals surface area contributed by atoms with Crippen molar-refractivity contribution in [3.8, 4) is 11.3 Å². The Bertz CT molecular complexity index is 890. The second kappa shape index (κ2) is 8.19. The predicted octanol–water partition coefficient (Wildman–Crippen LogP) is 5.05. The van der Waals surface area contributed by atoms with Gasteiger partial charge in [-0.15, -0.1) is 0 Å². The van der Waals surface area contributed by atoms with Crippen LogP contribution in [-0.2, 0) is 6.42 Å². The van der Waals surface area contributed by atoms with E-state index in [9.17, 15) is 4.79 Å². The molecule has 0 fully saturated rings. The summed E-state index contributed by atoms with van der Waals surface area (Å²) in [5.74, 6) is 0.208. The zero-order chi connectivity index (χ0) is 18.5. The number of carbonyl (C=O) groups is 1. The van der Waals surface area contributed by atoms with E-state index >= 15 is 0 Å². The quantitative estimate of drug-likeness (QED) is 0.662. The fourth-order valence-corrected chi connectivity index (χ4v) is 3.08. The highest BCUT2D eigenvalue weighted by molar-refractivity contribution is 6.33. The Labute approximate surface area is 158 Å². The number of nitrogens with one attached hydrogen (secondary N) is 1. The van der Waals surface area contributed by atoms with E-state index in [1.807, 2.05) is 43.3 Å². The molecule has 0 aliphatic heterocycles. The van der Waals surface area contributed by atoms with Crippen molar-refractivity contribution >= 4 is 17.5 Å². The van der Waals surface area contributed by atoms with Crippen LogP contribution in [0.1, 0.15) is 35.0 Å². The van der Waals surface area contributed by atoms with Gasteiger partial charge in [-0.25, -0.2) is 0 Å². The number of amides is 1. The molecule has 0 bridgehead atoms. The zero-order valence-corrected chi connectivity index (χ0v) is 15.6. The van der Waals surface area contributed by atoms with Crippen molar-refractivity contribution in [2.75, 3.05) is 0 Å². The standard InChI is InChI=1S/C21H21ClN2O2/c1-14(12-13-16-8-4-3-5-9-16)23-21(25)19-15(2)24-26-20(19)17-10-6-7-11-18(17)22/h3-11,14H,12-13H2,1-2H3,(H,23,25)/t14-/m0/s1. The molecule has 0 aliphatic carbocycles. The summed E-state index contributed by atoms with van der Waals surface area (Å²) in [5.41, 5.74) is 2.90. The van der Waals surface area contributed by atoms with Crippen molar-refractivity contribution in [3.63, 3.8) is 0 Å². The second-order valence-electron chi connectivity index (χ2n) is 6.35. The van der Waals surface area contributed by atoms with Gasteiger partial charge >= 0.3 is 0 Å². The van der Waals surface area contributed by atoms with E-state index in [0.717, 1.165) is 12.8 Å². The zero-order valence-electron chi connectivity index (χ0n) is 14.8. The molecule has 1 aromatic heterocycles. The van der Waals surface area contributed by atoms with E-state index < -0.39 is 0 Å². The summed E-state index contributed by atoms with van der Waals surface area (Å²) in [6, 6.07) is 17.5. The molecule has 0 radical (unpaired) electrons. The first kappa shape index (κ1) is 18.2. The molecule has 26 heavy (non-hydrogen) atoms. The lowest BCUT2D eigenvalue weighted by atomic mass is 10.0. The third-order valence-corrected chi connectivity index (χ3v) is 4.62. The predicted molar refractivity (Wildman–Crippen MR) is 103 cm³/mol. The van der Waals surface area contributed by atoms with Gasteiger partial charge in [-0.05, 0) is 44.4 Å². The first-order valence-electron chi connectivity index (χ1n) is 8.62. The maximum atomic E-state index is 12.8. The van der Waals surface area contributed by atoms with Gasteiger partial charge in [-0.2, -0.15) is 0 Å². The minimum atomic E-state index is -0.195. The third-order valence-electron chi connectivity index (χ3n) is 4.29. The molecule has 1 N–H and O–H groups in total. The van der Waals surface area contributed by atoms with E-state index in [4.69, 9.17) is 16.1 Å². The number of aromatic nitrogens is 1. The summed E-state index contributed by atoms with van der Waals surface area (Å²) >= 11 is 6.25. The van der Waals surface area contributed by atoms with Crippen molar-refractivity contribution in [2.24, 2.45) is 0 Å². The van der Waals surface area contributed by atoms with Crippen LogP contribution in [0.15, 0.2) is 59.1 Å². The van der Waals surface area contributed by atoms with Crippen LogP contribution < -0.4 is 5.32 Å². The molecule has 0 saturated heterocycles. The Kier molecular flexibility index (Phi) is 5.74. The van der Waals surface area contributed by atoms with E-state index in [0.29, 0.717) is 27.6 Å². The van der Waals surface area contributed by atoms with Crippen LogP contribution in [0.3, 0.4) is 0 Å². The average molecular weight is 369 g/mol. The summed E-state index contributed by atoms with van der Waals surface area (Å²) in [6.07, 6.45) is 1.75. The summed E-state index contributed by atoms with van der Waals surface area (Å²) in [5, 5.41) is 7.53. The lowest BCUT2D eigenvalue weighted by Crippen LogP contribution is -2.33. The molecule has 0 spiro atoms. The van der Waals surface area contributed by atoms with Gasteiger partial charge in [0.05, 0.1) is 10.7 Å². The maximum absolute atomic E-state index is 12.8. The minimum Gasteiger partial charge on any atom is -0.355 e. The summed E-state index contributed by atoms with van der Waals surface area (Å²) in [4.78, 5) is 12.8. The average Bonchev–Trinajstić information content (AvgIpc) is 3.02. The van der Waals surface area contributed by atoms with Crippen molar-refractivity contribution in [2.45, 2.75) is 32.7 Å². The van der Waals surface area contributed by atoms with Gasteiger partial charge in [0.25, 0.3) is 5.91 Å². The molecule has 134 valence electrons. The third kappa shape index (κ3) is 4.14. The van der Waals surface area contributed by atoms with Gasteiger partial charge in [0, 0.05) is 11.6 Å². The number of halogens is 1. The van der Waals surface area contributed by atoms with Crippen LogP contribution in [0.5, 0.6) is 0 Å². The van der Waals surface area contributed by atoms with Crippen LogP contribution in [0.25, 0.3) is 11.3 Å². The highest BCUT2D eigenvalue weighted by Gasteiger charge is 2.24. The fraction of sp³-hybridized carbons (Fsp3) is 0.238. The summed E-state index contributed by atoms with van der Waals surface area (Å²) in [7, 11) is 0. The van der Waals surface area contributed by atoms with Gasteiger partial charge in [0.1, 0.15) is 5.56 Å². The number of hydrogen-bond donors (Lipinski definition) is 1. The Morgan fingerprint density at radius 1 is 1.15 bits per heavy atom. The first-order chi connectivity index (χ1) is 12.6. The number of benzene rings is 2. The monoisotopic (exact) mass is 368 g/mol. The molecule has 0 saturated carbocycles. The van der Waals surface area contributed by atoms with Gasteiger partial charge in [-0.3, -0.25) is 4.79 Å². The number of hydrogen-bond acceptors (Lipinski definition) is 3. The first-order valence-corrected chi connectivity index (χ1v) is 9.00. The lowest BCUT2D eigenvalue weighted by Gasteiger charge is -2.14. The van der Waals surface area contributed by atoms with Crippen LogP contribution >= 0.6 is 11.6 Å². The summed E-state index contributed by atoms with van der Waals surface area (Å²) in [6.45, 7) is 3.76. The van der Waals surface area contributed by atoms with Crippen molar-refractivity contribution in [1.82, 2.24) is 10.5 Å². The largest absolute Gasteiger partial charge is 0.355 e. The SMILES string of the molecule is Cc1noc(-c2ccccc2Cl)c1C(=O)N[C@@H](C)CCc1ccccc1. The van der Waals surface area contributed by atoms with Crippen LogP contribution in [-0.4, -0.2) is 17.1 Å². The smallest absolute Gasteiger partial charge is 0.257 e. The normalized spacial score (nSPS) is 12.0. The number of rotatable bonds is 6. The van der Waals surface area contributed by atoms with Crippen molar-refractivity contribution in [3.05, 3.63) is 76.4 Å². The van der Waals surface area contributed by atoms with Gasteiger partial charge in [0.15, 0.2) is 5.76 Å². The van der Waals surface area contributed by atoms with Crippen LogP contribution in [0, 0.1) is 6.92 Å². The van der Waals surface area contributed by atoms with Crippen molar-refractivity contribution in [1.29, 1.82) is 0 Å². The number of carbonyl (C=O) groups excluding carboxylic acids is 1. The van der Waals surface area contributed by atoms with E-state index in [1.165, 1.54) is 5.56 Å². The fourth-order valence-electron chi connectivity index (χ4n) is 2.86. The highest BCUT2D eigenvalue weighted by Crippen LogP contribution is 2.31. The molecule has 5 heteroatoms. The molecular formula is C21H21ClN2O2. The van der Waals surface area contributed by atoms with E-state index in [2.05, 4.69) is 22.6 Å². The minimum absolute atomic E-state index is 0.0242. The number of nitrogens with zero attached hydrogens (tertiary/aromatic N) is 1. The molecule has 2 aromatic carbocycles. The van der Waals surface area contributed by atoms with Crippen LogP contribution in [0.4, 0.5) is 0 Å². The molecule has 1 amide bonds. The summed E-state index contributed by atoms with van der Waals surface area (Å²) < 4.78 is 5.40. The molecule has 3 aromatic rings. The molecule has 4 nitrogen and oxygen atoms in total. The maximum Gasteiger partial charge on any atom is 0.257 e. The van der Waals surface area contributed by atoms with Crippen molar-refractivity contribution < 1.29 is 9.32 Å². The molecule has 1 atom stereocenters. The second-order valence-corrected chi connectivity index (χ2v) is 6.76. The molecule has 0 unspecified atom stereocenters. The molecule has 0 aliphatic rings. The Balaban J connectivity index is 1.72. The van der Waals surface area contributed by atoms with Crippen LogP contribution in [0.2, 0.25) is 5.02 Å². The van der Waals surface area contributed by atoms with E-state index in [-0.39, 0.29) is 11.9 Å². The van der Waals surface area contributed by atoms with Gasteiger partial charge in [-0.1, -0.05) is 59.2 Å². The van der Waals surface area contributed by atoms with Gasteiger partial charge in [0.2, 0.25) is 0 Å². The Hall–Kier alpha value is -2.59. The topological polar surface area (TPSA) is 55.1 Å². The number of aryl methyl sites for hydroxylation is 2. The Morgan fingerprint density at radius 3 is 2.58 bits per heavy atom. The van der Waals surface area contributed by atoms with E-state index in [1.54, 1.807) is 13.0 Å². The Morgan fingerprint density at radius 2 is 1.85 bits per heavy atom. The molecule has 1 heterocycles. The molecule has 3 rings (SSSR count). The molecular weight excluding hydrogens is 348 g/mol. The van der Waals surface area contributed by atoms with Gasteiger partial charge < -0.3 is 9.84 Å². The lowest BCUT2D eigenvalue weighted by molar-refractivity contribution is 0.0938.